The Hall–Kier alpha value is -0.0400. The Labute approximate surface area is 88.7 Å². The first-order valence-corrected chi connectivity index (χ1v) is 6.55. The summed E-state index contributed by atoms with van der Waals surface area (Å²) in [5.74, 6) is 1.01. The van der Waals surface area contributed by atoms with Crippen LogP contribution in [0.4, 0.5) is 0 Å². The predicted molar refractivity (Wildman–Crippen MR) is 61.4 cm³/mol. The Morgan fingerprint density at radius 2 is 1.86 bits per heavy atom. The van der Waals surface area contributed by atoms with Crippen molar-refractivity contribution in [2.45, 2.75) is 58.3 Å². The van der Waals surface area contributed by atoms with Gasteiger partial charge in [-0.1, -0.05) is 26.2 Å². The zero-order valence-corrected chi connectivity index (χ0v) is 9.65. The van der Waals surface area contributed by atoms with Crippen LogP contribution in [0.3, 0.4) is 0 Å². The monoisotopic (exact) mass is 195 g/mol. The largest absolute Gasteiger partial charge is 0.316 e. The average molecular weight is 195 g/mol. The van der Waals surface area contributed by atoms with E-state index in [2.05, 4.69) is 12.2 Å². The van der Waals surface area contributed by atoms with Gasteiger partial charge in [0.25, 0.3) is 0 Å². The highest BCUT2D eigenvalue weighted by Gasteiger charge is 2.43. The van der Waals surface area contributed by atoms with E-state index >= 15 is 0 Å². The molecule has 0 radical (unpaired) electrons. The van der Waals surface area contributed by atoms with Gasteiger partial charge in [-0.15, -0.1) is 0 Å². The van der Waals surface area contributed by atoms with Crippen LogP contribution in [0.5, 0.6) is 0 Å². The van der Waals surface area contributed by atoms with Crippen LogP contribution >= 0.6 is 0 Å². The number of nitrogens with one attached hydrogen (secondary N) is 1. The molecule has 2 rings (SSSR count). The van der Waals surface area contributed by atoms with Crippen molar-refractivity contribution in [1.29, 1.82) is 0 Å². The molecule has 0 aromatic rings. The Kier molecular flexibility index (Phi) is 3.48. The lowest BCUT2D eigenvalue weighted by atomic mass is 9.56. The molecular formula is C13H25N. The molecular weight excluding hydrogens is 170 g/mol. The average Bonchev–Trinajstić information content (AvgIpc) is 2.17. The van der Waals surface area contributed by atoms with Gasteiger partial charge in [0, 0.05) is 0 Å². The van der Waals surface area contributed by atoms with Crippen LogP contribution < -0.4 is 5.32 Å². The maximum Gasteiger partial charge on any atom is -0.00201 e. The second kappa shape index (κ2) is 4.65. The van der Waals surface area contributed by atoms with Crippen molar-refractivity contribution in [1.82, 2.24) is 5.32 Å². The summed E-state index contributed by atoms with van der Waals surface area (Å²) < 4.78 is 0. The third-order valence-corrected chi connectivity index (χ3v) is 4.22. The lowest BCUT2D eigenvalue weighted by Crippen LogP contribution is -2.43. The smallest absolute Gasteiger partial charge is 0.00201 e. The van der Waals surface area contributed by atoms with Gasteiger partial charge in [-0.25, -0.2) is 0 Å². The summed E-state index contributed by atoms with van der Waals surface area (Å²) in [4.78, 5) is 0. The number of hydrogen-bond acceptors (Lipinski definition) is 1. The molecule has 1 N–H and O–H groups in total. The molecule has 0 unspecified atom stereocenters. The zero-order chi connectivity index (χ0) is 9.86. The lowest BCUT2D eigenvalue weighted by molar-refractivity contribution is 0.0155. The second-order valence-corrected chi connectivity index (χ2v) is 5.54. The van der Waals surface area contributed by atoms with Crippen molar-refractivity contribution in [2.24, 2.45) is 11.3 Å². The summed E-state index contributed by atoms with van der Waals surface area (Å²) in [5, 5.41) is 3.56. The van der Waals surface area contributed by atoms with E-state index in [0.717, 1.165) is 11.3 Å². The van der Waals surface area contributed by atoms with Crippen LogP contribution in [-0.4, -0.2) is 13.1 Å². The maximum absolute atomic E-state index is 3.56. The molecule has 0 atom stereocenters. The fourth-order valence-electron chi connectivity index (χ4n) is 3.50. The summed E-state index contributed by atoms with van der Waals surface area (Å²) in [6.07, 6.45) is 11.9. The first-order valence-electron chi connectivity index (χ1n) is 6.55. The van der Waals surface area contributed by atoms with Crippen LogP contribution in [-0.2, 0) is 0 Å². The highest BCUT2D eigenvalue weighted by Crippen LogP contribution is 2.54. The standard InChI is InChI=1S/C13H25N/c1-2-8-14-11-12-9-13(10-12)6-4-3-5-7-13/h12,14H,2-11H2,1H3. The third kappa shape index (κ3) is 2.31. The molecule has 0 bridgehead atoms. The van der Waals surface area contributed by atoms with Crippen molar-refractivity contribution in [3.63, 3.8) is 0 Å². The first kappa shape index (κ1) is 10.5. The van der Waals surface area contributed by atoms with Crippen molar-refractivity contribution < 1.29 is 0 Å². The van der Waals surface area contributed by atoms with Gasteiger partial charge in [-0.3, -0.25) is 0 Å². The van der Waals surface area contributed by atoms with Crippen LogP contribution in [0.2, 0.25) is 0 Å². The minimum atomic E-state index is 0.830. The van der Waals surface area contributed by atoms with Gasteiger partial charge in [0.1, 0.15) is 0 Å². The maximum atomic E-state index is 3.56. The van der Waals surface area contributed by atoms with Gasteiger partial charge >= 0.3 is 0 Å². The summed E-state index contributed by atoms with van der Waals surface area (Å²) in [6, 6.07) is 0. The van der Waals surface area contributed by atoms with Gasteiger partial charge in [0.15, 0.2) is 0 Å². The molecule has 0 heterocycles. The van der Waals surface area contributed by atoms with Gasteiger partial charge in [0.05, 0.1) is 0 Å². The van der Waals surface area contributed by atoms with Crippen LogP contribution in [0, 0.1) is 11.3 Å². The lowest BCUT2D eigenvalue weighted by Gasteiger charge is -2.50. The van der Waals surface area contributed by atoms with E-state index < -0.39 is 0 Å². The fourth-order valence-corrected chi connectivity index (χ4v) is 3.50. The normalized spacial score (nSPS) is 26.4. The first-order chi connectivity index (χ1) is 6.85. The third-order valence-electron chi connectivity index (χ3n) is 4.22. The molecule has 0 amide bonds. The highest BCUT2D eigenvalue weighted by atomic mass is 14.9. The van der Waals surface area contributed by atoms with E-state index in [-0.39, 0.29) is 0 Å². The minimum Gasteiger partial charge on any atom is -0.316 e. The van der Waals surface area contributed by atoms with E-state index in [4.69, 9.17) is 0 Å². The number of rotatable bonds is 4. The van der Waals surface area contributed by atoms with Crippen molar-refractivity contribution >= 4 is 0 Å². The van der Waals surface area contributed by atoms with E-state index in [1.807, 2.05) is 0 Å². The van der Waals surface area contributed by atoms with E-state index in [1.165, 1.54) is 64.5 Å². The molecule has 0 aromatic heterocycles. The minimum absolute atomic E-state index is 0.830. The molecule has 14 heavy (non-hydrogen) atoms. The van der Waals surface area contributed by atoms with E-state index in [9.17, 15) is 0 Å². The molecule has 1 heteroatoms. The molecule has 2 aliphatic rings. The van der Waals surface area contributed by atoms with Crippen LogP contribution in [0.1, 0.15) is 58.3 Å². The summed E-state index contributed by atoms with van der Waals surface area (Å²) >= 11 is 0. The van der Waals surface area contributed by atoms with Gasteiger partial charge < -0.3 is 5.32 Å². The molecule has 2 fully saturated rings. The second-order valence-electron chi connectivity index (χ2n) is 5.54. The van der Waals surface area contributed by atoms with Gasteiger partial charge in [-0.2, -0.15) is 0 Å². The molecule has 0 aliphatic heterocycles. The Morgan fingerprint density at radius 1 is 1.14 bits per heavy atom. The Bertz CT molecular complexity index is 162. The quantitative estimate of drug-likeness (QED) is 0.678. The molecule has 2 saturated carbocycles. The SMILES string of the molecule is CCCNCC1CC2(CCCCC2)C1. The summed E-state index contributed by atoms with van der Waals surface area (Å²) in [7, 11) is 0. The van der Waals surface area contributed by atoms with Crippen molar-refractivity contribution in [3.05, 3.63) is 0 Å². The van der Waals surface area contributed by atoms with Gasteiger partial charge in [0.2, 0.25) is 0 Å². The van der Waals surface area contributed by atoms with E-state index in [1.54, 1.807) is 0 Å². The molecule has 0 saturated heterocycles. The van der Waals surface area contributed by atoms with E-state index in [0.29, 0.717) is 0 Å². The van der Waals surface area contributed by atoms with Crippen molar-refractivity contribution in [2.75, 3.05) is 13.1 Å². The number of hydrogen-bond donors (Lipinski definition) is 1. The molecule has 0 aromatic carbocycles. The fraction of sp³-hybridized carbons (Fsp3) is 1.00. The topological polar surface area (TPSA) is 12.0 Å². The summed E-state index contributed by atoms with van der Waals surface area (Å²) in [5.41, 5.74) is 0.830. The zero-order valence-electron chi connectivity index (χ0n) is 9.65. The molecule has 82 valence electrons. The molecule has 1 spiro atoms. The molecule has 1 nitrogen and oxygen atoms in total. The highest BCUT2D eigenvalue weighted by molar-refractivity contribution is 4.95. The van der Waals surface area contributed by atoms with Gasteiger partial charge in [-0.05, 0) is 56.5 Å². The Morgan fingerprint density at radius 3 is 2.50 bits per heavy atom. The van der Waals surface area contributed by atoms with Crippen molar-refractivity contribution in [3.8, 4) is 0 Å². The van der Waals surface area contributed by atoms with Crippen LogP contribution in [0.25, 0.3) is 0 Å². The molecule has 2 aliphatic carbocycles. The van der Waals surface area contributed by atoms with Crippen LogP contribution in [0.15, 0.2) is 0 Å². The summed E-state index contributed by atoms with van der Waals surface area (Å²) in [6.45, 7) is 4.75. The Balaban J connectivity index is 1.62. The predicted octanol–water partition coefficient (Wildman–Crippen LogP) is 3.35.